The maximum atomic E-state index is 13.2. The molecule has 0 saturated heterocycles. The van der Waals surface area contributed by atoms with Gasteiger partial charge in [-0.15, -0.1) is 0 Å². The molecule has 5 heteroatoms. The number of hydrogen-bond donors (Lipinski definition) is 1. The first kappa shape index (κ1) is 20.8. The quantitative estimate of drug-likeness (QED) is 0.594. The van der Waals surface area contributed by atoms with Gasteiger partial charge in [0.05, 0.1) is 6.54 Å². The van der Waals surface area contributed by atoms with Crippen molar-refractivity contribution >= 4 is 11.7 Å². The molecule has 2 unspecified atom stereocenters. The molecule has 1 fully saturated rings. The molecule has 1 amide bonds. The van der Waals surface area contributed by atoms with Crippen molar-refractivity contribution < 1.29 is 9.59 Å². The third-order valence-corrected chi connectivity index (χ3v) is 6.17. The molecule has 3 aromatic rings. The number of pyridine rings is 1. The van der Waals surface area contributed by atoms with Crippen LogP contribution in [0.3, 0.4) is 0 Å². The molecule has 2 aromatic carbocycles. The fourth-order valence-corrected chi connectivity index (χ4v) is 4.29. The van der Waals surface area contributed by atoms with Gasteiger partial charge in [-0.2, -0.15) is 0 Å². The molecule has 158 valence electrons. The smallest absolute Gasteiger partial charge is 0.263 e. The zero-order valence-electron chi connectivity index (χ0n) is 17.6. The molecule has 0 radical (unpaired) electrons. The van der Waals surface area contributed by atoms with Gasteiger partial charge in [-0.25, -0.2) is 0 Å². The number of Topliss-reactive ketones (excluding diaryl/α,β-unsaturated/α-hetero) is 1. The summed E-state index contributed by atoms with van der Waals surface area (Å²) >= 11 is 0. The normalized spacial score (nSPS) is 17.6. The molecular weight excluding hydrogens is 388 g/mol. The van der Waals surface area contributed by atoms with E-state index in [0.29, 0.717) is 24.4 Å². The van der Waals surface area contributed by atoms with E-state index in [2.05, 4.69) is 17.4 Å². The molecule has 0 bridgehead atoms. The zero-order chi connectivity index (χ0) is 21.8. The summed E-state index contributed by atoms with van der Waals surface area (Å²) < 4.78 is 1.46. The molecule has 0 aliphatic heterocycles. The van der Waals surface area contributed by atoms with Crippen LogP contribution in [0.2, 0.25) is 0 Å². The predicted octanol–water partition coefficient (Wildman–Crippen LogP) is 4.02. The Morgan fingerprint density at radius 2 is 1.68 bits per heavy atom. The van der Waals surface area contributed by atoms with Crippen molar-refractivity contribution in [1.29, 1.82) is 0 Å². The highest BCUT2D eigenvalue weighted by molar-refractivity contribution is 6.00. The zero-order valence-corrected chi connectivity index (χ0v) is 17.6. The molecule has 1 aromatic heterocycles. The maximum Gasteiger partial charge on any atom is 0.263 e. The first-order valence-electron chi connectivity index (χ1n) is 10.7. The number of ketones is 1. The average molecular weight is 415 g/mol. The van der Waals surface area contributed by atoms with E-state index >= 15 is 0 Å². The van der Waals surface area contributed by atoms with E-state index in [0.717, 1.165) is 18.4 Å². The van der Waals surface area contributed by atoms with Crippen LogP contribution in [0.15, 0.2) is 77.7 Å². The van der Waals surface area contributed by atoms with E-state index in [1.165, 1.54) is 23.2 Å². The number of amides is 1. The van der Waals surface area contributed by atoms with Crippen LogP contribution >= 0.6 is 0 Å². The Hall–Kier alpha value is -3.47. The number of nitrogens with zero attached hydrogens (tertiary/aromatic N) is 1. The fraction of sp³-hybridized carbons (Fsp3) is 0.269. The van der Waals surface area contributed by atoms with E-state index in [4.69, 9.17) is 0 Å². The summed E-state index contributed by atoms with van der Waals surface area (Å²) in [4.78, 5) is 38.3. The van der Waals surface area contributed by atoms with Gasteiger partial charge in [-0.3, -0.25) is 14.4 Å². The van der Waals surface area contributed by atoms with E-state index < -0.39 is 11.5 Å². The molecule has 1 heterocycles. The highest BCUT2D eigenvalue weighted by atomic mass is 16.2. The van der Waals surface area contributed by atoms with Crippen LogP contribution in [0, 0.1) is 5.92 Å². The number of rotatable bonds is 7. The van der Waals surface area contributed by atoms with Gasteiger partial charge in [-0.1, -0.05) is 60.7 Å². The second kappa shape index (κ2) is 9.13. The summed E-state index contributed by atoms with van der Waals surface area (Å²) in [5.41, 5.74) is 2.21. The Morgan fingerprint density at radius 1 is 1.00 bits per heavy atom. The van der Waals surface area contributed by atoms with Crippen molar-refractivity contribution in [2.24, 2.45) is 5.92 Å². The summed E-state index contributed by atoms with van der Waals surface area (Å²) in [6.07, 6.45) is 4.10. The highest BCUT2D eigenvalue weighted by Crippen LogP contribution is 2.44. The number of carbonyl (C=O) groups is 2. The average Bonchev–Trinajstić information content (AvgIpc) is 2.78. The van der Waals surface area contributed by atoms with Gasteiger partial charge in [0.15, 0.2) is 5.78 Å². The summed E-state index contributed by atoms with van der Waals surface area (Å²) in [6.45, 7) is 0.306. The van der Waals surface area contributed by atoms with Gasteiger partial charge >= 0.3 is 0 Å². The van der Waals surface area contributed by atoms with Crippen molar-refractivity contribution in [2.45, 2.75) is 31.7 Å². The standard InChI is InChI=1S/C26H26N2O3/c1-27-25(30)23-14-21(17-28(26(23)31)16-18-8-4-2-5-9-18)24(29)15-20-12-13-22(20)19-10-6-3-7-11-19/h2-11,14,17,20,22H,12-13,15-16H2,1H3,(H,27,30). The Labute approximate surface area is 181 Å². The first-order valence-corrected chi connectivity index (χ1v) is 10.7. The van der Waals surface area contributed by atoms with Crippen LogP contribution in [0.4, 0.5) is 0 Å². The number of nitrogens with one attached hydrogen (secondary N) is 1. The third-order valence-electron chi connectivity index (χ3n) is 6.17. The van der Waals surface area contributed by atoms with Gasteiger partial charge in [0.2, 0.25) is 0 Å². The van der Waals surface area contributed by atoms with Crippen molar-refractivity contribution in [3.63, 3.8) is 0 Å². The van der Waals surface area contributed by atoms with Gasteiger partial charge in [0.25, 0.3) is 11.5 Å². The van der Waals surface area contributed by atoms with Crippen molar-refractivity contribution in [3.8, 4) is 0 Å². The van der Waals surface area contributed by atoms with Gasteiger partial charge in [-0.05, 0) is 41.9 Å². The largest absolute Gasteiger partial charge is 0.355 e. The second-order valence-electron chi connectivity index (χ2n) is 8.12. The molecule has 2 atom stereocenters. The Bertz CT molecular complexity index is 1140. The van der Waals surface area contributed by atoms with E-state index in [1.54, 1.807) is 6.20 Å². The maximum absolute atomic E-state index is 13.2. The van der Waals surface area contributed by atoms with Crippen LogP contribution in [0.5, 0.6) is 0 Å². The molecule has 1 aliphatic carbocycles. The summed E-state index contributed by atoms with van der Waals surface area (Å²) in [5, 5.41) is 2.51. The molecular formula is C26H26N2O3. The van der Waals surface area contributed by atoms with E-state index in [1.807, 2.05) is 48.5 Å². The minimum atomic E-state index is -0.479. The molecule has 5 nitrogen and oxygen atoms in total. The predicted molar refractivity (Wildman–Crippen MR) is 120 cm³/mol. The molecule has 0 spiro atoms. The summed E-state index contributed by atoms with van der Waals surface area (Å²) in [6, 6.07) is 21.3. The number of hydrogen-bond acceptors (Lipinski definition) is 3. The fourth-order valence-electron chi connectivity index (χ4n) is 4.29. The molecule has 31 heavy (non-hydrogen) atoms. The van der Waals surface area contributed by atoms with E-state index in [-0.39, 0.29) is 17.3 Å². The SMILES string of the molecule is CNC(=O)c1cc(C(=O)CC2CCC2c2ccccc2)cn(Cc2ccccc2)c1=O. The molecule has 1 saturated carbocycles. The lowest BCUT2D eigenvalue weighted by molar-refractivity contribution is 0.0918. The molecule has 1 N–H and O–H groups in total. The Kier molecular flexibility index (Phi) is 6.12. The van der Waals surface area contributed by atoms with Gasteiger partial charge in [0.1, 0.15) is 5.56 Å². The van der Waals surface area contributed by atoms with Gasteiger partial charge < -0.3 is 9.88 Å². The number of benzene rings is 2. The van der Waals surface area contributed by atoms with Crippen LogP contribution in [-0.4, -0.2) is 23.3 Å². The molecule has 4 rings (SSSR count). The number of carbonyl (C=O) groups excluding carboxylic acids is 2. The second-order valence-corrected chi connectivity index (χ2v) is 8.12. The van der Waals surface area contributed by atoms with Crippen LogP contribution in [0.25, 0.3) is 0 Å². The minimum Gasteiger partial charge on any atom is -0.355 e. The van der Waals surface area contributed by atoms with E-state index in [9.17, 15) is 14.4 Å². The topological polar surface area (TPSA) is 68.2 Å². The Morgan fingerprint density at radius 3 is 2.29 bits per heavy atom. The Balaban J connectivity index is 1.61. The van der Waals surface area contributed by atoms with Crippen molar-refractivity contribution in [3.05, 3.63) is 106 Å². The van der Waals surface area contributed by atoms with Crippen LogP contribution < -0.4 is 10.9 Å². The van der Waals surface area contributed by atoms with Gasteiger partial charge in [0, 0.05) is 25.2 Å². The third kappa shape index (κ3) is 4.50. The number of aromatic nitrogens is 1. The first-order chi connectivity index (χ1) is 15.1. The van der Waals surface area contributed by atoms with Crippen LogP contribution in [0.1, 0.15) is 57.0 Å². The lowest BCUT2D eigenvalue weighted by Gasteiger charge is -2.36. The van der Waals surface area contributed by atoms with Crippen molar-refractivity contribution in [1.82, 2.24) is 9.88 Å². The summed E-state index contributed by atoms with van der Waals surface area (Å²) in [7, 11) is 1.48. The minimum absolute atomic E-state index is 0.00231. The molecule has 1 aliphatic rings. The van der Waals surface area contributed by atoms with Crippen molar-refractivity contribution in [2.75, 3.05) is 7.05 Å². The monoisotopic (exact) mass is 414 g/mol. The lowest BCUT2D eigenvalue weighted by atomic mass is 9.67. The highest BCUT2D eigenvalue weighted by Gasteiger charge is 2.34. The van der Waals surface area contributed by atoms with Crippen LogP contribution in [-0.2, 0) is 6.54 Å². The lowest BCUT2D eigenvalue weighted by Crippen LogP contribution is -2.33. The summed E-state index contributed by atoms with van der Waals surface area (Å²) in [5.74, 6) is 0.163.